The van der Waals surface area contributed by atoms with Gasteiger partial charge in [0.2, 0.25) is 5.95 Å². The molecular formula is C23H29F3N6O. The predicted molar refractivity (Wildman–Crippen MR) is 118 cm³/mol. The Kier molecular flexibility index (Phi) is 5.38. The minimum Gasteiger partial charge on any atom is -0.356 e. The Balaban J connectivity index is 1.48. The summed E-state index contributed by atoms with van der Waals surface area (Å²) in [6.45, 7) is 5.17. The topological polar surface area (TPSA) is 85.9 Å². The predicted octanol–water partition coefficient (Wildman–Crippen LogP) is 3.98. The van der Waals surface area contributed by atoms with Crippen molar-refractivity contribution in [2.24, 2.45) is 0 Å². The molecule has 3 N–H and O–H groups in total. The first-order valence-electron chi connectivity index (χ1n) is 11.6. The molecule has 1 amide bonds. The standard InChI is InChI=1S/C23H29F3N6O/c1-13(2)32-9-3-4-15-16(11-27-19(15)20(32)33)18-17(23(24,25)26)12-28-21(31-18)30-14-5-6-22(7-8-22)29-10-14/h11-14,27,29H,3-10H2,1-2H3,(H,28,30,31). The summed E-state index contributed by atoms with van der Waals surface area (Å²) in [4.78, 5) is 26.0. The van der Waals surface area contributed by atoms with Gasteiger partial charge in [0, 0.05) is 48.7 Å². The summed E-state index contributed by atoms with van der Waals surface area (Å²) in [5.74, 6) is -0.0118. The van der Waals surface area contributed by atoms with E-state index in [1.54, 1.807) is 4.90 Å². The van der Waals surface area contributed by atoms with Gasteiger partial charge in [-0.25, -0.2) is 9.97 Å². The average molecular weight is 463 g/mol. The number of alkyl halides is 3. The van der Waals surface area contributed by atoms with E-state index in [4.69, 9.17) is 0 Å². The van der Waals surface area contributed by atoms with E-state index in [2.05, 4.69) is 25.6 Å². The lowest BCUT2D eigenvalue weighted by molar-refractivity contribution is -0.137. The molecule has 0 bridgehead atoms. The molecule has 1 spiro atoms. The minimum atomic E-state index is -4.61. The Hall–Kier alpha value is -2.62. The van der Waals surface area contributed by atoms with Crippen molar-refractivity contribution in [1.82, 2.24) is 25.2 Å². The molecular weight excluding hydrogens is 433 g/mol. The van der Waals surface area contributed by atoms with Crippen molar-refractivity contribution in [1.29, 1.82) is 0 Å². The molecule has 0 aromatic carbocycles. The zero-order chi connectivity index (χ0) is 23.4. The molecule has 1 saturated heterocycles. The Morgan fingerprint density at radius 3 is 2.70 bits per heavy atom. The van der Waals surface area contributed by atoms with Crippen LogP contribution in [0, 0.1) is 0 Å². The number of carbonyl (C=O) groups excluding carboxylic acids is 1. The van der Waals surface area contributed by atoms with Crippen molar-refractivity contribution >= 4 is 11.9 Å². The van der Waals surface area contributed by atoms with Crippen LogP contribution >= 0.6 is 0 Å². The van der Waals surface area contributed by atoms with Crippen molar-refractivity contribution in [2.75, 3.05) is 18.4 Å². The Morgan fingerprint density at radius 1 is 1.27 bits per heavy atom. The molecule has 2 aliphatic heterocycles. The number of nitrogens with zero attached hydrogens (tertiary/aromatic N) is 3. The number of aromatic nitrogens is 3. The third kappa shape index (κ3) is 4.20. The second-order valence-electron chi connectivity index (χ2n) is 9.75. The van der Waals surface area contributed by atoms with Crippen molar-refractivity contribution in [3.8, 4) is 11.3 Å². The summed E-state index contributed by atoms with van der Waals surface area (Å²) in [6, 6.07) is 0.0694. The fourth-order valence-corrected chi connectivity index (χ4v) is 5.01. The largest absolute Gasteiger partial charge is 0.419 e. The van der Waals surface area contributed by atoms with Gasteiger partial charge in [-0.15, -0.1) is 0 Å². The van der Waals surface area contributed by atoms with E-state index >= 15 is 0 Å². The van der Waals surface area contributed by atoms with Crippen molar-refractivity contribution in [3.05, 3.63) is 29.2 Å². The second-order valence-corrected chi connectivity index (χ2v) is 9.75. The van der Waals surface area contributed by atoms with Crippen LogP contribution in [0.3, 0.4) is 0 Å². The maximum atomic E-state index is 13.9. The summed E-state index contributed by atoms with van der Waals surface area (Å²) in [5.41, 5.74) is 0.456. The molecule has 1 unspecified atom stereocenters. The van der Waals surface area contributed by atoms with Gasteiger partial charge in [-0.1, -0.05) is 0 Å². The van der Waals surface area contributed by atoms with Gasteiger partial charge in [-0.3, -0.25) is 4.79 Å². The first-order chi connectivity index (χ1) is 15.7. The highest BCUT2D eigenvalue weighted by atomic mass is 19.4. The van der Waals surface area contributed by atoms with Crippen molar-refractivity contribution < 1.29 is 18.0 Å². The molecule has 1 saturated carbocycles. The zero-order valence-corrected chi connectivity index (χ0v) is 18.9. The van der Waals surface area contributed by atoms with Gasteiger partial charge in [-0.05, 0) is 57.9 Å². The maximum Gasteiger partial charge on any atom is 0.419 e. The molecule has 7 nitrogen and oxygen atoms in total. The number of hydrogen-bond acceptors (Lipinski definition) is 5. The van der Waals surface area contributed by atoms with Crippen LogP contribution in [0.4, 0.5) is 19.1 Å². The number of nitrogens with one attached hydrogen (secondary N) is 3. The fourth-order valence-electron chi connectivity index (χ4n) is 5.01. The molecule has 33 heavy (non-hydrogen) atoms. The first-order valence-corrected chi connectivity index (χ1v) is 11.6. The molecule has 1 aliphatic carbocycles. The number of rotatable bonds is 4. The van der Waals surface area contributed by atoms with Gasteiger partial charge in [0.05, 0.1) is 5.69 Å². The van der Waals surface area contributed by atoms with E-state index in [1.165, 1.54) is 19.0 Å². The SMILES string of the molecule is CC(C)N1CCCc2c(-c3nc(NC4CCC5(CC5)NC4)ncc3C(F)(F)F)c[nH]c2C1=O. The smallest absolute Gasteiger partial charge is 0.356 e. The quantitative estimate of drug-likeness (QED) is 0.640. The molecule has 178 valence electrons. The normalized spacial score (nSPS) is 22.4. The highest BCUT2D eigenvalue weighted by molar-refractivity contribution is 5.96. The van der Waals surface area contributed by atoms with Crippen LogP contribution in [0.1, 0.15) is 67.6 Å². The molecule has 1 atom stereocenters. The Morgan fingerprint density at radius 2 is 2.06 bits per heavy atom. The number of hydrogen-bond donors (Lipinski definition) is 3. The van der Waals surface area contributed by atoms with E-state index in [-0.39, 0.29) is 35.2 Å². The summed E-state index contributed by atoms with van der Waals surface area (Å²) in [6.07, 6.45) is 3.23. The van der Waals surface area contributed by atoms with E-state index in [9.17, 15) is 18.0 Å². The highest BCUT2D eigenvalue weighted by Gasteiger charge is 2.45. The molecule has 2 aromatic heterocycles. The number of anilines is 1. The third-order valence-electron chi connectivity index (χ3n) is 7.14. The van der Waals surface area contributed by atoms with Gasteiger partial charge >= 0.3 is 6.18 Å². The summed E-state index contributed by atoms with van der Waals surface area (Å²) < 4.78 is 41.7. The average Bonchev–Trinajstić information content (AvgIpc) is 3.42. The van der Waals surface area contributed by atoms with E-state index < -0.39 is 11.7 Å². The third-order valence-corrected chi connectivity index (χ3v) is 7.14. The number of fused-ring (bicyclic) bond motifs is 1. The van der Waals surface area contributed by atoms with Gasteiger partial charge < -0.3 is 20.5 Å². The molecule has 5 rings (SSSR count). The molecule has 10 heteroatoms. The van der Waals surface area contributed by atoms with E-state index in [0.717, 1.165) is 25.6 Å². The summed E-state index contributed by atoms with van der Waals surface area (Å²) >= 11 is 0. The zero-order valence-electron chi connectivity index (χ0n) is 18.9. The minimum absolute atomic E-state index is 0.00895. The Labute approximate surface area is 190 Å². The number of carbonyl (C=O) groups is 1. The molecule has 0 radical (unpaired) electrons. The molecule has 4 heterocycles. The monoisotopic (exact) mass is 462 g/mol. The second kappa shape index (κ2) is 8.00. The number of amides is 1. The van der Waals surface area contributed by atoms with Crippen LogP contribution in [0.25, 0.3) is 11.3 Å². The summed E-state index contributed by atoms with van der Waals surface area (Å²) in [5, 5.41) is 6.75. The van der Waals surface area contributed by atoms with Crippen molar-refractivity contribution in [3.63, 3.8) is 0 Å². The maximum absolute atomic E-state index is 13.9. The molecule has 2 fully saturated rings. The van der Waals surface area contributed by atoms with E-state index in [0.29, 0.717) is 36.2 Å². The Bertz CT molecular complexity index is 1050. The van der Waals surface area contributed by atoms with Crippen LogP contribution in [-0.2, 0) is 12.6 Å². The van der Waals surface area contributed by atoms with Gasteiger partial charge in [-0.2, -0.15) is 13.2 Å². The van der Waals surface area contributed by atoms with Crippen LogP contribution in [0.5, 0.6) is 0 Å². The van der Waals surface area contributed by atoms with Crippen LogP contribution in [-0.4, -0.2) is 56.5 Å². The van der Waals surface area contributed by atoms with Gasteiger partial charge in [0.25, 0.3) is 5.91 Å². The lowest BCUT2D eigenvalue weighted by Crippen LogP contribution is -2.46. The van der Waals surface area contributed by atoms with Gasteiger partial charge in [0.1, 0.15) is 11.3 Å². The lowest BCUT2D eigenvalue weighted by atomic mass is 9.99. The highest BCUT2D eigenvalue weighted by Crippen LogP contribution is 2.42. The first kappa shape index (κ1) is 22.2. The van der Waals surface area contributed by atoms with Crippen molar-refractivity contribution in [2.45, 2.75) is 76.2 Å². The molecule has 3 aliphatic rings. The fraction of sp³-hybridized carbons (Fsp3) is 0.609. The summed E-state index contributed by atoms with van der Waals surface area (Å²) in [7, 11) is 0. The van der Waals surface area contributed by atoms with Crippen LogP contribution in [0.2, 0.25) is 0 Å². The van der Waals surface area contributed by atoms with Crippen LogP contribution in [0.15, 0.2) is 12.4 Å². The van der Waals surface area contributed by atoms with Gasteiger partial charge in [0.15, 0.2) is 0 Å². The number of aromatic amines is 1. The molecule has 2 aromatic rings. The van der Waals surface area contributed by atoms with E-state index in [1.807, 2.05) is 13.8 Å². The number of piperidine rings is 1. The number of halogens is 3. The number of H-pyrrole nitrogens is 1. The van der Waals surface area contributed by atoms with Crippen LogP contribution < -0.4 is 10.6 Å². The lowest BCUT2D eigenvalue weighted by Gasteiger charge is -2.30.